The van der Waals surface area contributed by atoms with Gasteiger partial charge in [-0.2, -0.15) is 0 Å². The molecule has 6 heteroatoms. The van der Waals surface area contributed by atoms with Crippen molar-refractivity contribution in [2.24, 2.45) is 10.9 Å². The van der Waals surface area contributed by atoms with Crippen LogP contribution in [0.15, 0.2) is 16.6 Å². The first kappa shape index (κ1) is 15.7. The highest BCUT2D eigenvalue weighted by atomic mass is 127. The topological polar surface area (TPSA) is 49.3 Å². The Bertz CT molecular complexity index is 366. The molecule has 1 aliphatic rings. The maximum atomic E-state index is 4.56. The first-order valence-corrected chi connectivity index (χ1v) is 7.10. The minimum atomic E-state index is 0. The summed E-state index contributed by atoms with van der Waals surface area (Å²) in [5.41, 5.74) is 0. The van der Waals surface area contributed by atoms with Crippen molar-refractivity contribution in [3.8, 4) is 0 Å². The van der Waals surface area contributed by atoms with E-state index >= 15 is 0 Å². The molecule has 0 spiro atoms. The molecule has 0 saturated heterocycles. The van der Waals surface area contributed by atoms with Crippen molar-refractivity contribution in [2.45, 2.75) is 32.7 Å². The number of hydrogen-bond donors (Lipinski definition) is 2. The lowest BCUT2D eigenvalue weighted by Gasteiger charge is -2.10. The third kappa shape index (κ3) is 5.09. The Hall–Kier alpha value is -0.370. The molecule has 2 N–H and O–H groups in total. The van der Waals surface area contributed by atoms with Crippen LogP contribution in [0.4, 0.5) is 0 Å². The third-order valence-corrected chi connectivity index (χ3v) is 3.69. The van der Waals surface area contributed by atoms with E-state index in [1.165, 1.54) is 6.42 Å². The Kier molecular flexibility index (Phi) is 6.91. The summed E-state index contributed by atoms with van der Waals surface area (Å²) in [6, 6.07) is 0.618. The molecule has 1 aromatic heterocycles. The number of aromatic nitrogens is 1. The molecule has 0 aromatic carbocycles. The van der Waals surface area contributed by atoms with Crippen LogP contribution in [-0.4, -0.2) is 30.1 Å². The van der Waals surface area contributed by atoms with Gasteiger partial charge in [-0.1, -0.05) is 6.92 Å². The van der Waals surface area contributed by atoms with Gasteiger partial charge in [-0.05, 0) is 19.3 Å². The number of thiazole rings is 1. The predicted octanol–water partition coefficient (Wildman–Crippen LogP) is 2.27. The molecule has 0 bridgehead atoms. The van der Waals surface area contributed by atoms with Crippen LogP contribution < -0.4 is 10.6 Å². The average Bonchev–Trinajstić information content (AvgIpc) is 2.81. The molecule has 1 saturated carbocycles. The van der Waals surface area contributed by atoms with Crippen LogP contribution >= 0.6 is 35.3 Å². The number of guanidine groups is 1. The maximum absolute atomic E-state index is 4.56. The van der Waals surface area contributed by atoms with Crippen LogP contribution in [0, 0.1) is 5.92 Å². The molecular weight excluding hydrogens is 359 g/mol. The second kappa shape index (κ2) is 7.93. The van der Waals surface area contributed by atoms with Gasteiger partial charge in [0.05, 0.1) is 5.01 Å². The van der Waals surface area contributed by atoms with Crippen molar-refractivity contribution in [3.05, 3.63) is 16.6 Å². The van der Waals surface area contributed by atoms with Crippen molar-refractivity contribution in [2.75, 3.05) is 13.1 Å². The van der Waals surface area contributed by atoms with E-state index in [-0.39, 0.29) is 24.0 Å². The van der Waals surface area contributed by atoms with Gasteiger partial charge < -0.3 is 10.6 Å². The molecule has 1 fully saturated rings. The highest BCUT2D eigenvalue weighted by molar-refractivity contribution is 14.0. The van der Waals surface area contributed by atoms with Crippen LogP contribution in [0.1, 0.15) is 25.3 Å². The maximum Gasteiger partial charge on any atom is 0.191 e. The lowest BCUT2D eigenvalue weighted by molar-refractivity contribution is 0.764. The Morgan fingerprint density at radius 3 is 2.94 bits per heavy atom. The summed E-state index contributed by atoms with van der Waals surface area (Å²) in [6.45, 7) is 6.05. The van der Waals surface area contributed by atoms with Gasteiger partial charge in [-0.3, -0.25) is 4.99 Å². The molecule has 1 aromatic rings. The first-order valence-electron chi connectivity index (χ1n) is 6.22. The largest absolute Gasteiger partial charge is 0.357 e. The SMILES string of the molecule is CCNC(=NCCc1nccs1)NC1CC1C.I. The highest BCUT2D eigenvalue weighted by Crippen LogP contribution is 2.28. The standard InChI is InChI=1S/C12H20N4S.HI/c1-3-13-12(16-10-8-9(10)2)15-5-4-11-14-6-7-17-11;/h6-7,9-10H,3-5,8H2,1-2H3,(H2,13,15,16);1H. The van der Waals surface area contributed by atoms with Gasteiger partial charge in [-0.25, -0.2) is 4.98 Å². The lowest BCUT2D eigenvalue weighted by Crippen LogP contribution is -2.39. The summed E-state index contributed by atoms with van der Waals surface area (Å²) in [5, 5.41) is 9.89. The van der Waals surface area contributed by atoms with E-state index in [1.54, 1.807) is 11.3 Å². The Balaban J connectivity index is 0.00000162. The van der Waals surface area contributed by atoms with Gasteiger partial charge in [0.2, 0.25) is 0 Å². The minimum Gasteiger partial charge on any atom is -0.357 e. The second-order valence-corrected chi connectivity index (χ2v) is 5.38. The molecule has 0 amide bonds. The summed E-state index contributed by atoms with van der Waals surface area (Å²) < 4.78 is 0. The van der Waals surface area contributed by atoms with Gasteiger partial charge in [-0.15, -0.1) is 35.3 Å². The predicted molar refractivity (Wildman–Crippen MR) is 87.9 cm³/mol. The molecule has 1 heterocycles. The molecule has 102 valence electrons. The van der Waals surface area contributed by atoms with Gasteiger partial charge in [0.25, 0.3) is 0 Å². The van der Waals surface area contributed by atoms with E-state index < -0.39 is 0 Å². The molecule has 2 atom stereocenters. The van der Waals surface area contributed by atoms with Crippen LogP contribution in [0.2, 0.25) is 0 Å². The number of halogens is 1. The fraction of sp³-hybridized carbons (Fsp3) is 0.667. The molecule has 4 nitrogen and oxygen atoms in total. The average molecular weight is 380 g/mol. The van der Waals surface area contributed by atoms with Crippen molar-refractivity contribution in [3.63, 3.8) is 0 Å². The number of hydrogen-bond acceptors (Lipinski definition) is 3. The van der Waals surface area contributed by atoms with Gasteiger partial charge >= 0.3 is 0 Å². The monoisotopic (exact) mass is 380 g/mol. The summed E-state index contributed by atoms with van der Waals surface area (Å²) in [4.78, 5) is 8.82. The van der Waals surface area contributed by atoms with E-state index in [2.05, 4.69) is 34.5 Å². The minimum absolute atomic E-state index is 0. The van der Waals surface area contributed by atoms with Crippen LogP contribution in [-0.2, 0) is 6.42 Å². The lowest BCUT2D eigenvalue weighted by atomic mass is 10.4. The Morgan fingerprint density at radius 1 is 1.61 bits per heavy atom. The molecule has 0 radical (unpaired) electrons. The number of aliphatic imine (C=N–C) groups is 1. The fourth-order valence-electron chi connectivity index (χ4n) is 1.66. The number of nitrogens with zero attached hydrogens (tertiary/aromatic N) is 2. The second-order valence-electron chi connectivity index (χ2n) is 4.40. The van der Waals surface area contributed by atoms with E-state index in [9.17, 15) is 0 Å². The Labute approximate surface area is 130 Å². The quantitative estimate of drug-likeness (QED) is 0.468. The molecule has 1 aliphatic carbocycles. The van der Waals surface area contributed by atoms with Crippen LogP contribution in [0.5, 0.6) is 0 Å². The van der Waals surface area contributed by atoms with Crippen molar-refractivity contribution >= 4 is 41.3 Å². The number of nitrogens with one attached hydrogen (secondary N) is 2. The van der Waals surface area contributed by atoms with Crippen molar-refractivity contribution in [1.29, 1.82) is 0 Å². The zero-order valence-corrected chi connectivity index (χ0v) is 14.0. The number of rotatable bonds is 5. The van der Waals surface area contributed by atoms with Crippen molar-refractivity contribution in [1.82, 2.24) is 15.6 Å². The van der Waals surface area contributed by atoms with E-state index in [0.717, 1.165) is 36.4 Å². The Morgan fingerprint density at radius 2 is 2.39 bits per heavy atom. The highest BCUT2D eigenvalue weighted by Gasteiger charge is 2.33. The normalized spacial score (nSPS) is 22.2. The van der Waals surface area contributed by atoms with Crippen LogP contribution in [0.3, 0.4) is 0 Å². The van der Waals surface area contributed by atoms with E-state index in [1.807, 2.05) is 11.6 Å². The van der Waals surface area contributed by atoms with E-state index in [4.69, 9.17) is 0 Å². The van der Waals surface area contributed by atoms with Crippen molar-refractivity contribution < 1.29 is 0 Å². The van der Waals surface area contributed by atoms with Gasteiger partial charge in [0.1, 0.15) is 0 Å². The van der Waals surface area contributed by atoms with Gasteiger partial charge in [0, 0.05) is 37.1 Å². The molecular formula is C12H21IN4S. The summed E-state index contributed by atoms with van der Waals surface area (Å²) >= 11 is 1.69. The van der Waals surface area contributed by atoms with E-state index in [0.29, 0.717) is 6.04 Å². The summed E-state index contributed by atoms with van der Waals surface area (Å²) in [6.07, 6.45) is 4.03. The smallest absolute Gasteiger partial charge is 0.191 e. The third-order valence-electron chi connectivity index (χ3n) is 2.85. The van der Waals surface area contributed by atoms with Crippen LogP contribution in [0.25, 0.3) is 0 Å². The zero-order valence-electron chi connectivity index (χ0n) is 10.8. The summed E-state index contributed by atoms with van der Waals surface area (Å²) in [5.74, 6) is 1.73. The molecule has 18 heavy (non-hydrogen) atoms. The zero-order chi connectivity index (χ0) is 12.1. The fourth-order valence-corrected chi connectivity index (χ4v) is 2.27. The molecule has 2 unspecified atom stereocenters. The van der Waals surface area contributed by atoms with Gasteiger partial charge in [0.15, 0.2) is 5.96 Å². The molecule has 0 aliphatic heterocycles. The molecule has 2 rings (SSSR count). The first-order chi connectivity index (χ1) is 8.29. The summed E-state index contributed by atoms with van der Waals surface area (Å²) in [7, 11) is 0.